The van der Waals surface area contributed by atoms with Gasteiger partial charge in [-0.3, -0.25) is 0 Å². The van der Waals surface area contributed by atoms with Crippen molar-refractivity contribution in [1.82, 2.24) is 0 Å². The summed E-state index contributed by atoms with van der Waals surface area (Å²) >= 11 is 2.70. The van der Waals surface area contributed by atoms with E-state index in [0.29, 0.717) is 10.0 Å². The summed E-state index contributed by atoms with van der Waals surface area (Å²) in [6.45, 7) is 0. The Morgan fingerprint density at radius 3 is 3.07 bits per heavy atom. The lowest BCUT2D eigenvalue weighted by molar-refractivity contribution is 1.25. The van der Waals surface area contributed by atoms with Crippen molar-refractivity contribution in [3.05, 3.63) is 21.9 Å². The monoisotopic (exact) mass is 224 g/mol. The van der Waals surface area contributed by atoms with Crippen molar-refractivity contribution < 1.29 is 0 Å². The lowest BCUT2D eigenvalue weighted by atomic mass is 10.4. The maximum Gasteiger partial charge on any atom is 0.180 e. The Hall–Kier alpha value is -1.32. The molecule has 0 fully saturated rings. The quantitative estimate of drug-likeness (QED) is 0.471. The Kier molecular flexibility index (Phi) is 4.16. The van der Waals surface area contributed by atoms with E-state index < -0.39 is 0 Å². The molecule has 0 bridgehead atoms. The number of nitriles is 1. The number of hydrogen-bond acceptors (Lipinski definition) is 5. The molecule has 0 unspecified atom stereocenters. The number of thioether (sulfide) groups is 1. The first kappa shape index (κ1) is 10.8. The zero-order valence-electron chi connectivity index (χ0n) is 7.47. The molecular formula is C8H8N4S2. The van der Waals surface area contributed by atoms with Crippen molar-refractivity contribution in [2.24, 2.45) is 15.9 Å². The van der Waals surface area contributed by atoms with Crippen LogP contribution in [0.4, 0.5) is 0 Å². The number of hydrogen-bond donors (Lipinski definition) is 1. The van der Waals surface area contributed by atoms with Gasteiger partial charge in [0.05, 0.1) is 6.21 Å². The van der Waals surface area contributed by atoms with Gasteiger partial charge in [0.15, 0.2) is 5.17 Å². The lowest BCUT2D eigenvalue weighted by Gasteiger charge is -1.86. The van der Waals surface area contributed by atoms with E-state index in [4.69, 9.17) is 11.0 Å². The Morgan fingerprint density at radius 1 is 1.71 bits per heavy atom. The first-order valence-electron chi connectivity index (χ1n) is 3.66. The normalized spacial score (nSPS) is 11.9. The molecule has 14 heavy (non-hydrogen) atoms. The molecule has 0 radical (unpaired) electrons. The predicted molar refractivity (Wildman–Crippen MR) is 61.8 cm³/mol. The highest BCUT2D eigenvalue weighted by Crippen LogP contribution is 2.12. The molecule has 0 amide bonds. The maximum atomic E-state index is 8.57. The second kappa shape index (κ2) is 5.42. The predicted octanol–water partition coefficient (Wildman–Crippen LogP) is 1.63. The highest BCUT2D eigenvalue weighted by molar-refractivity contribution is 8.13. The van der Waals surface area contributed by atoms with Gasteiger partial charge in [-0.15, -0.1) is 16.4 Å². The van der Waals surface area contributed by atoms with Crippen LogP contribution >= 0.6 is 23.1 Å². The average molecular weight is 224 g/mol. The summed E-state index contributed by atoms with van der Waals surface area (Å²) in [4.78, 5) is 1.55. The third-order valence-corrected chi connectivity index (χ3v) is 2.71. The van der Waals surface area contributed by atoms with Gasteiger partial charge in [0.2, 0.25) is 0 Å². The van der Waals surface area contributed by atoms with Crippen LogP contribution in [0.25, 0.3) is 0 Å². The minimum atomic E-state index is 0.415. The highest BCUT2D eigenvalue weighted by atomic mass is 32.2. The molecule has 0 aromatic carbocycles. The molecule has 0 saturated heterocycles. The number of nitrogens with zero attached hydrogens (tertiary/aromatic N) is 3. The highest BCUT2D eigenvalue weighted by Gasteiger charge is 1.94. The zero-order chi connectivity index (χ0) is 10.4. The van der Waals surface area contributed by atoms with Crippen LogP contribution in [0, 0.1) is 11.3 Å². The molecule has 1 aromatic heterocycles. The van der Waals surface area contributed by atoms with Gasteiger partial charge in [0.1, 0.15) is 10.9 Å². The topological polar surface area (TPSA) is 74.5 Å². The SMILES string of the molecule is CSC(N)=NN=Cc1ccc(C#N)s1. The van der Waals surface area contributed by atoms with Crippen molar-refractivity contribution in [3.63, 3.8) is 0 Å². The molecule has 0 spiro atoms. The van der Waals surface area contributed by atoms with E-state index in [0.717, 1.165) is 4.88 Å². The van der Waals surface area contributed by atoms with Crippen molar-refractivity contribution in [2.75, 3.05) is 6.26 Å². The van der Waals surface area contributed by atoms with Gasteiger partial charge >= 0.3 is 0 Å². The van der Waals surface area contributed by atoms with Crippen LogP contribution in [-0.4, -0.2) is 17.6 Å². The van der Waals surface area contributed by atoms with Crippen molar-refractivity contribution in [1.29, 1.82) is 5.26 Å². The van der Waals surface area contributed by atoms with E-state index in [9.17, 15) is 0 Å². The molecule has 1 rings (SSSR count). The first-order chi connectivity index (χ1) is 6.76. The molecule has 0 aliphatic rings. The summed E-state index contributed by atoms with van der Waals surface area (Å²) in [5.74, 6) is 0. The number of thiophene rings is 1. The van der Waals surface area contributed by atoms with Gasteiger partial charge in [0.25, 0.3) is 0 Å². The molecule has 1 aromatic rings. The zero-order valence-corrected chi connectivity index (χ0v) is 9.10. The summed E-state index contributed by atoms with van der Waals surface area (Å²) in [5.41, 5.74) is 5.42. The fourth-order valence-corrected chi connectivity index (χ4v) is 1.47. The largest absolute Gasteiger partial charge is 0.377 e. The van der Waals surface area contributed by atoms with Crippen molar-refractivity contribution in [3.8, 4) is 6.07 Å². The molecular weight excluding hydrogens is 216 g/mol. The Morgan fingerprint density at radius 2 is 2.50 bits per heavy atom. The number of nitrogens with two attached hydrogens (primary N) is 1. The van der Waals surface area contributed by atoms with Gasteiger partial charge in [-0.05, 0) is 18.4 Å². The Bertz CT molecular complexity index is 400. The van der Waals surface area contributed by atoms with Crippen molar-refractivity contribution >= 4 is 34.5 Å². The van der Waals surface area contributed by atoms with Crippen LogP contribution in [0.1, 0.15) is 9.75 Å². The second-order valence-corrected chi connectivity index (χ2v) is 4.14. The number of amidine groups is 1. The van der Waals surface area contributed by atoms with Crippen LogP contribution in [0.5, 0.6) is 0 Å². The summed E-state index contributed by atoms with van der Waals surface area (Å²) in [5, 5.41) is 16.5. The molecule has 0 aliphatic heterocycles. The summed E-state index contributed by atoms with van der Waals surface area (Å²) in [6, 6.07) is 5.61. The third-order valence-electron chi connectivity index (χ3n) is 1.29. The minimum absolute atomic E-state index is 0.415. The van der Waals surface area contributed by atoms with Gasteiger partial charge < -0.3 is 5.73 Å². The van der Waals surface area contributed by atoms with E-state index in [2.05, 4.69) is 10.2 Å². The van der Waals surface area contributed by atoms with Gasteiger partial charge in [-0.1, -0.05) is 11.8 Å². The first-order valence-corrected chi connectivity index (χ1v) is 5.71. The standard InChI is InChI=1S/C8H8N4S2/c1-13-8(10)12-11-5-7-3-2-6(4-9)14-7/h2-3,5H,1H3,(H2,10,12). The van der Waals surface area contributed by atoms with Crippen LogP contribution in [0.2, 0.25) is 0 Å². The van der Waals surface area contributed by atoms with E-state index in [1.807, 2.05) is 18.4 Å². The molecule has 0 saturated carbocycles. The van der Waals surface area contributed by atoms with E-state index in [1.54, 1.807) is 12.3 Å². The van der Waals surface area contributed by atoms with Crippen LogP contribution in [0.15, 0.2) is 22.3 Å². The lowest BCUT2D eigenvalue weighted by Crippen LogP contribution is -2.03. The molecule has 0 aliphatic carbocycles. The molecule has 1 heterocycles. The average Bonchev–Trinajstić information content (AvgIpc) is 2.65. The maximum absolute atomic E-state index is 8.57. The van der Waals surface area contributed by atoms with E-state index >= 15 is 0 Å². The molecule has 2 N–H and O–H groups in total. The molecule has 0 atom stereocenters. The summed E-state index contributed by atoms with van der Waals surface area (Å²) < 4.78 is 0. The minimum Gasteiger partial charge on any atom is -0.377 e. The van der Waals surface area contributed by atoms with E-state index in [1.165, 1.54) is 23.1 Å². The summed E-state index contributed by atoms with van der Waals surface area (Å²) in [6.07, 6.45) is 3.40. The fourth-order valence-electron chi connectivity index (χ4n) is 0.666. The molecule has 72 valence electrons. The Balaban J connectivity index is 2.65. The van der Waals surface area contributed by atoms with Crippen LogP contribution in [0.3, 0.4) is 0 Å². The smallest absolute Gasteiger partial charge is 0.180 e. The summed E-state index contributed by atoms with van der Waals surface area (Å²) in [7, 11) is 0. The number of rotatable bonds is 2. The van der Waals surface area contributed by atoms with Crippen LogP contribution < -0.4 is 5.73 Å². The fraction of sp³-hybridized carbons (Fsp3) is 0.125. The van der Waals surface area contributed by atoms with Crippen molar-refractivity contribution in [2.45, 2.75) is 0 Å². The molecule has 4 nitrogen and oxygen atoms in total. The third kappa shape index (κ3) is 3.20. The Labute approximate surface area is 90.1 Å². The van der Waals surface area contributed by atoms with Crippen LogP contribution in [-0.2, 0) is 0 Å². The van der Waals surface area contributed by atoms with Gasteiger partial charge in [0, 0.05) is 4.88 Å². The van der Waals surface area contributed by atoms with E-state index in [-0.39, 0.29) is 0 Å². The van der Waals surface area contributed by atoms with Gasteiger partial charge in [-0.2, -0.15) is 10.4 Å². The van der Waals surface area contributed by atoms with Gasteiger partial charge in [-0.25, -0.2) is 0 Å². The molecule has 6 heteroatoms. The second-order valence-electron chi connectivity index (χ2n) is 2.20.